The van der Waals surface area contributed by atoms with Gasteiger partial charge in [0.25, 0.3) is 0 Å². The minimum atomic E-state index is -1.33. The van der Waals surface area contributed by atoms with Gasteiger partial charge in [0, 0.05) is 0 Å². The number of allylic oxidation sites excluding steroid dienone is 1. The zero-order chi connectivity index (χ0) is 23.7. The first-order chi connectivity index (χ1) is 15.2. The van der Waals surface area contributed by atoms with Crippen molar-refractivity contribution < 1.29 is 24.2 Å². The molecule has 5 nitrogen and oxygen atoms in total. The van der Waals surface area contributed by atoms with Crippen LogP contribution in [-0.2, 0) is 4.79 Å². The van der Waals surface area contributed by atoms with Crippen LogP contribution < -0.4 is 9.47 Å². The van der Waals surface area contributed by atoms with E-state index in [-0.39, 0.29) is 5.78 Å². The molecule has 0 radical (unpaired) electrons. The van der Waals surface area contributed by atoms with Gasteiger partial charge in [-0.3, -0.25) is 4.79 Å². The fourth-order valence-electron chi connectivity index (χ4n) is 3.31. The molecule has 0 spiro atoms. The molecule has 0 bridgehead atoms. The maximum absolute atomic E-state index is 12.8. The summed E-state index contributed by atoms with van der Waals surface area (Å²) in [6.07, 6.45) is 7.74. The number of ketones is 1. The molecule has 0 heterocycles. The number of rotatable bonds is 12. The lowest BCUT2D eigenvalue weighted by molar-refractivity contribution is -0.152. The molecule has 0 aromatic heterocycles. The molecule has 32 heavy (non-hydrogen) atoms. The van der Waals surface area contributed by atoms with E-state index in [1.807, 2.05) is 44.2 Å². The maximum Gasteiger partial charge on any atom is 0.347 e. The average molecular weight is 439 g/mol. The van der Waals surface area contributed by atoms with Gasteiger partial charge in [-0.15, -0.1) is 0 Å². The van der Waals surface area contributed by atoms with Crippen LogP contribution in [0.5, 0.6) is 11.5 Å². The van der Waals surface area contributed by atoms with E-state index in [1.54, 1.807) is 12.1 Å². The first-order valence-electron chi connectivity index (χ1n) is 11.1. The van der Waals surface area contributed by atoms with Crippen molar-refractivity contribution in [2.75, 3.05) is 6.61 Å². The number of benzene rings is 2. The van der Waals surface area contributed by atoms with Crippen molar-refractivity contribution in [3.8, 4) is 11.5 Å². The van der Waals surface area contributed by atoms with Gasteiger partial charge in [0.2, 0.25) is 0 Å². The molecule has 2 aromatic carbocycles. The third kappa shape index (κ3) is 6.98. The predicted octanol–water partition coefficient (Wildman–Crippen LogP) is 6.40. The lowest BCUT2D eigenvalue weighted by Gasteiger charge is -2.24. The van der Waals surface area contributed by atoms with E-state index in [1.165, 1.54) is 32.8 Å². The third-order valence-electron chi connectivity index (χ3n) is 5.19. The second-order valence-corrected chi connectivity index (χ2v) is 8.50. The molecule has 0 unspecified atom stereocenters. The van der Waals surface area contributed by atoms with Crippen molar-refractivity contribution in [1.82, 2.24) is 0 Å². The second kappa shape index (κ2) is 11.5. The van der Waals surface area contributed by atoms with Crippen LogP contribution in [-0.4, -0.2) is 29.1 Å². The monoisotopic (exact) mass is 438 g/mol. The molecule has 0 aliphatic carbocycles. The normalized spacial score (nSPS) is 11.5. The van der Waals surface area contributed by atoms with Gasteiger partial charge < -0.3 is 14.6 Å². The summed E-state index contributed by atoms with van der Waals surface area (Å²) in [6, 6.07) is 11.0. The van der Waals surface area contributed by atoms with E-state index in [4.69, 9.17) is 9.47 Å². The first kappa shape index (κ1) is 25.2. The second-order valence-electron chi connectivity index (χ2n) is 8.50. The van der Waals surface area contributed by atoms with Crippen LogP contribution >= 0.6 is 0 Å². The van der Waals surface area contributed by atoms with Gasteiger partial charge in [-0.2, -0.15) is 0 Å². The average Bonchev–Trinajstić information content (AvgIpc) is 2.74. The lowest BCUT2D eigenvalue weighted by atomic mass is 10.0. The van der Waals surface area contributed by atoms with Gasteiger partial charge in [0.1, 0.15) is 11.5 Å². The first-order valence-corrected chi connectivity index (χ1v) is 11.1. The van der Waals surface area contributed by atoms with E-state index < -0.39 is 11.6 Å². The number of carbonyl (C=O) groups excluding carboxylic acids is 1. The van der Waals surface area contributed by atoms with Crippen LogP contribution in [0.25, 0.3) is 6.08 Å². The summed E-state index contributed by atoms with van der Waals surface area (Å²) in [7, 11) is 0. The molecule has 1 N–H and O–H groups in total. The SMILES string of the molecule is CCCCCCOc1ccccc1C(=O)/C=C/c1cc(C)c(OC(C)(C)C(=O)O)c(C)c1. The van der Waals surface area contributed by atoms with Crippen molar-refractivity contribution in [1.29, 1.82) is 0 Å². The number of hydrogen-bond donors (Lipinski definition) is 1. The number of aliphatic carboxylic acids is 1. The molecular formula is C27H34O5. The number of carbonyl (C=O) groups is 2. The molecule has 0 atom stereocenters. The summed E-state index contributed by atoms with van der Waals surface area (Å²) in [4.78, 5) is 24.2. The molecule has 5 heteroatoms. The number of ether oxygens (including phenoxy) is 2. The highest BCUT2D eigenvalue weighted by Gasteiger charge is 2.30. The Bertz CT molecular complexity index is 949. The summed E-state index contributed by atoms with van der Waals surface area (Å²) in [5.41, 5.74) is 1.66. The fourth-order valence-corrected chi connectivity index (χ4v) is 3.31. The number of para-hydroxylation sites is 1. The molecule has 0 aliphatic heterocycles. The predicted molar refractivity (Wildman–Crippen MR) is 128 cm³/mol. The fraction of sp³-hybridized carbons (Fsp3) is 0.407. The molecule has 0 fully saturated rings. The van der Waals surface area contributed by atoms with Crippen LogP contribution in [0.3, 0.4) is 0 Å². The Balaban J connectivity index is 2.13. The summed E-state index contributed by atoms with van der Waals surface area (Å²) < 4.78 is 11.6. The van der Waals surface area contributed by atoms with Gasteiger partial charge in [0.15, 0.2) is 11.4 Å². The number of aryl methyl sites for hydroxylation is 2. The van der Waals surface area contributed by atoms with Crippen molar-refractivity contribution in [2.45, 2.75) is 65.9 Å². The summed E-state index contributed by atoms with van der Waals surface area (Å²) in [5, 5.41) is 9.32. The third-order valence-corrected chi connectivity index (χ3v) is 5.19. The summed E-state index contributed by atoms with van der Waals surface area (Å²) >= 11 is 0. The van der Waals surface area contributed by atoms with Crippen LogP contribution in [0.2, 0.25) is 0 Å². The Labute approximate surface area is 191 Å². The summed E-state index contributed by atoms with van der Waals surface area (Å²) in [5.74, 6) is -0.0118. The van der Waals surface area contributed by atoms with Crippen molar-refractivity contribution >= 4 is 17.8 Å². The number of hydrogen-bond acceptors (Lipinski definition) is 4. The van der Waals surface area contributed by atoms with Gasteiger partial charge in [-0.1, -0.05) is 44.4 Å². The molecular weight excluding hydrogens is 404 g/mol. The van der Waals surface area contributed by atoms with Crippen LogP contribution in [0.15, 0.2) is 42.5 Å². The Hall–Kier alpha value is -3.08. The standard InChI is InChI=1S/C27H34O5/c1-6-7-8-11-16-31-24-13-10-9-12-22(24)23(28)15-14-21-17-19(2)25(20(3)18-21)32-27(4,5)26(29)30/h9-10,12-15,17-18H,6-8,11,16H2,1-5H3,(H,29,30)/b15-14+. The molecule has 0 saturated heterocycles. The minimum Gasteiger partial charge on any atom is -0.493 e. The zero-order valence-electron chi connectivity index (χ0n) is 19.7. The minimum absolute atomic E-state index is 0.128. The molecule has 0 aliphatic rings. The van der Waals surface area contributed by atoms with Gasteiger partial charge in [-0.05, 0) is 81.1 Å². The Morgan fingerprint density at radius 1 is 1.03 bits per heavy atom. The highest BCUT2D eigenvalue weighted by molar-refractivity contribution is 6.08. The quantitative estimate of drug-likeness (QED) is 0.236. The number of unbranched alkanes of at least 4 members (excludes halogenated alkanes) is 3. The highest BCUT2D eigenvalue weighted by Crippen LogP contribution is 2.29. The topological polar surface area (TPSA) is 72.8 Å². The number of carboxylic acids is 1. The molecule has 0 saturated carbocycles. The highest BCUT2D eigenvalue weighted by atomic mass is 16.5. The van der Waals surface area contributed by atoms with Crippen LogP contribution in [0, 0.1) is 13.8 Å². The Morgan fingerprint density at radius 2 is 1.69 bits per heavy atom. The zero-order valence-corrected chi connectivity index (χ0v) is 19.7. The van der Waals surface area contributed by atoms with E-state index in [2.05, 4.69) is 6.92 Å². The molecule has 172 valence electrons. The smallest absolute Gasteiger partial charge is 0.347 e. The van der Waals surface area contributed by atoms with Gasteiger partial charge >= 0.3 is 5.97 Å². The van der Waals surface area contributed by atoms with E-state index in [0.29, 0.717) is 23.7 Å². The Morgan fingerprint density at radius 3 is 2.31 bits per heavy atom. The maximum atomic E-state index is 12.8. The number of carboxylic acid groups (broad SMARTS) is 1. The van der Waals surface area contributed by atoms with E-state index in [9.17, 15) is 14.7 Å². The molecule has 2 rings (SSSR count). The van der Waals surface area contributed by atoms with E-state index >= 15 is 0 Å². The van der Waals surface area contributed by atoms with Gasteiger partial charge in [0.05, 0.1) is 12.2 Å². The molecule has 2 aromatic rings. The van der Waals surface area contributed by atoms with Crippen LogP contribution in [0.1, 0.15) is 73.5 Å². The molecule has 0 amide bonds. The van der Waals surface area contributed by atoms with Crippen molar-refractivity contribution in [2.24, 2.45) is 0 Å². The largest absolute Gasteiger partial charge is 0.493 e. The van der Waals surface area contributed by atoms with Crippen molar-refractivity contribution in [3.63, 3.8) is 0 Å². The van der Waals surface area contributed by atoms with E-state index in [0.717, 1.165) is 29.5 Å². The van der Waals surface area contributed by atoms with Crippen LogP contribution in [0.4, 0.5) is 0 Å². The lowest BCUT2D eigenvalue weighted by Crippen LogP contribution is -2.38. The van der Waals surface area contributed by atoms with Gasteiger partial charge in [-0.25, -0.2) is 4.79 Å². The van der Waals surface area contributed by atoms with Crippen molar-refractivity contribution in [3.05, 3.63) is 64.7 Å². The Kier molecular flexibility index (Phi) is 9.06. The summed E-state index contributed by atoms with van der Waals surface area (Å²) in [6.45, 7) is 9.53.